The first-order valence-corrected chi connectivity index (χ1v) is 9.55. The molecule has 2 heterocycles. The van der Waals surface area contributed by atoms with Gasteiger partial charge in [-0.3, -0.25) is 4.79 Å². The number of benzene rings is 2. The molecule has 1 aliphatic carbocycles. The zero-order valence-corrected chi connectivity index (χ0v) is 15.9. The van der Waals surface area contributed by atoms with Gasteiger partial charge in [0.25, 0.3) is 0 Å². The van der Waals surface area contributed by atoms with E-state index in [1.807, 2.05) is 24.3 Å². The molecule has 1 unspecified atom stereocenters. The second kappa shape index (κ2) is 5.59. The van der Waals surface area contributed by atoms with E-state index >= 15 is 0 Å². The molecular formula is C24H23NO2. The van der Waals surface area contributed by atoms with Crippen LogP contribution in [-0.2, 0) is 4.79 Å². The second-order valence-corrected chi connectivity index (χ2v) is 8.56. The van der Waals surface area contributed by atoms with E-state index in [1.165, 1.54) is 10.9 Å². The first-order valence-electron chi connectivity index (χ1n) is 9.55. The molecule has 136 valence electrons. The van der Waals surface area contributed by atoms with Gasteiger partial charge in [-0.1, -0.05) is 50.2 Å². The van der Waals surface area contributed by atoms with E-state index in [2.05, 4.69) is 50.0 Å². The number of ketones is 1. The summed E-state index contributed by atoms with van der Waals surface area (Å²) in [5.41, 5.74) is 5.28. The number of hydrogen-bond acceptors (Lipinski definition) is 2. The molecule has 3 aromatic rings. The lowest BCUT2D eigenvalue weighted by atomic mass is 9.69. The molecule has 0 saturated carbocycles. The Balaban J connectivity index is 1.82. The molecule has 0 radical (unpaired) electrons. The first kappa shape index (κ1) is 16.4. The largest absolute Gasteiger partial charge is 0.461 e. The molecule has 2 aliphatic rings. The maximum absolute atomic E-state index is 13.3. The average Bonchev–Trinajstić information content (AvgIpc) is 2.94. The predicted octanol–water partition coefficient (Wildman–Crippen LogP) is 5.64. The lowest BCUT2D eigenvalue weighted by Crippen LogP contribution is -2.33. The van der Waals surface area contributed by atoms with Gasteiger partial charge in [-0.05, 0) is 30.0 Å². The first-order chi connectivity index (χ1) is 12.9. The van der Waals surface area contributed by atoms with Gasteiger partial charge in [0, 0.05) is 46.5 Å². The van der Waals surface area contributed by atoms with E-state index in [1.54, 1.807) is 0 Å². The molecule has 1 aromatic heterocycles. The fraction of sp³-hybridized carbons (Fsp3) is 0.292. The third-order valence-electron chi connectivity index (χ3n) is 5.86. The van der Waals surface area contributed by atoms with E-state index < -0.39 is 0 Å². The maximum atomic E-state index is 13.3. The summed E-state index contributed by atoms with van der Waals surface area (Å²) >= 11 is 0. The van der Waals surface area contributed by atoms with E-state index in [0.29, 0.717) is 6.42 Å². The number of allylic oxidation sites excluding steroid dienone is 2. The number of ether oxygens (including phenoxy) is 1. The molecule has 1 aliphatic heterocycles. The fourth-order valence-electron chi connectivity index (χ4n) is 4.76. The van der Waals surface area contributed by atoms with Crippen LogP contribution in [0.3, 0.4) is 0 Å². The summed E-state index contributed by atoms with van der Waals surface area (Å²) in [5, 5.41) is 1.18. The van der Waals surface area contributed by atoms with Crippen molar-refractivity contribution in [3.05, 3.63) is 76.7 Å². The molecule has 0 spiro atoms. The number of carbonyl (C=O) groups excluding carboxylic acids is 1. The van der Waals surface area contributed by atoms with Crippen molar-refractivity contribution in [3.63, 3.8) is 0 Å². The van der Waals surface area contributed by atoms with Gasteiger partial charge < -0.3 is 9.72 Å². The number of para-hydroxylation sites is 2. The topological polar surface area (TPSA) is 42.1 Å². The normalized spacial score (nSPS) is 21.0. The average molecular weight is 357 g/mol. The van der Waals surface area contributed by atoms with E-state index in [-0.39, 0.29) is 17.1 Å². The van der Waals surface area contributed by atoms with Crippen molar-refractivity contribution in [2.75, 3.05) is 0 Å². The van der Waals surface area contributed by atoms with E-state index in [0.717, 1.165) is 40.3 Å². The lowest BCUT2D eigenvalue weighted by Gasteiger charge is -2.38. The van der Waals surface area contributed by atoms with Gasteiger partial charge in [-0.15, -0.1) is 0 Å². The number of hydrogen-bond donors (Lipinski definition) is 1. The second-order valence-electron chi connectivity index (χ2n) is 8.56. The number of H-pyrrole nitrogens is 1. The predicted molar refractivity (Wildman–Crippen MR) is 107 cm³/mol. The molecule has 0 bridgehead atoms. The van der Waals surface area contributed by atoms with Crippen LogP contribution in [-0.4, -0.2) is 10.8 Å². The molecule has 0 amide bonds. The van der Waals surface area contributed by atoms with Crippen LogP contribution in [0.2, 0.25) is 0 Å². The quantitative estimate of drug-likeness (QED) is 0.612. The summed E-state index contributed by atoms with van der Waals surface area (Å²) in [6.45, 7) is 6.39. The number of aromatic nitrogens is 1. The van der Waals surface area contributed by atoms with Crippen molar-refractivity contribution in [1.82, 2.24) is 4.98 Å². The summed E-state index contributed by atoms with van der Waals surface area (Å²) in [6.07, 6.45) is 1.36. The Morgan fingerprint density at radius 3 is 2.63 bits per heavy atom. The number of aryl methyl sites for hydroxylation is 1. The minimum Gasteiger partial charge on any atom is -0.461 e. The third kappa shape index (κ3) is 2.45. The van der Waals surface area contributed by atoms with Crippen LogP contribution in [0.4, 0.5) is 0 Å². The summed E-state index contributed by atoms with van der Waals surface area (Å²) < 4.78 is 6.27. The van der Waals surface area contributed by atoms with Crippen LogP contribution in [0.15, 0.2) is 59.9 Å². The number of aromatic amines is 1. The minimum atomic E-state index is -0.0790. The van der Waals surface area contributed by atoms with Crippen LogP contribution in [0.5, 0.6) is 5.75 Å². The highest BCUT2D eigenvalue weighted by Gasteiger charge is 2.42. The molecule has 3 heteroatoms. The van der Waals surface area contributed by atoms with Crippen molar-refractivity contribution < 1.29 is 9.53 Å². The molecular weight excluding hydrogens is 334 g/mol. The van der Waals surface area contributed by atoms with Crippen molar-refractivity contribution in [2.45, 2.75) is 39.5 Å². The molecule has 2 aromatic carbocycles. The Hall–Kier alpha value is -2.81. The number of Topliss-reactive ketones (excluding diaryl/α,β-unsaturated/α-hetero) is 1. The van der Waals surface area contributed by atoms with Gasteiger partial charge in [-0.2, -0.15) is 0 Å². The molecule has 0 saturated heterocycles. The Bertz CT molecular complexity index is 1120. The number of carbonyl (C=O) groups is 1. The highest BCUT2D eigenvalue weighted by molar-refractivity contribution is 6.01. The maximum Gasteiger partial charge on any atom is 0.163 e. The third-order valence-corrected chi connectivity index (χ3v) is 5.86. The molecule has 0 fully saturated rings. The Labute approximate surface area is 159 Å². The number of fused-ring (bicyclic) bond motifs is 2. The molecule has 27 heavy (non-hydrogen) atoms. The van der Waals surface area contributed by atoms with Gasteiger partial charge in [0.1, 0.15) is 11.5 Å². The fourth-order valence-corrected chi connectivity index (χ4v) is 4.76. The molecule has 3 nitrogen and oxygen atoms in total. The van der Waals surface area contributed by atoms with Gasteiger partial charge in [0.2, 0.25) is 0 Å². The van der Waals surface area contributed by atoms with Gasteiger partial charge in [-0.25, -0.2) is 0 Å². The summed E-state index contributed by atoms with van der Waals surface area (Å²) in [4.78, 5) is 16.8. The Morgan fingerprint density at radius 2 is 1.78 bits per heavy atom. The zero-order chi connectivity index (χ0) is 18.8. The smallest absolute Gasteiger partial charge is 0.163 e. The van der Waals surface area contributed by atoms with E-state index in [9.17, 15) is 4.79 Å². The van der Waals surface area contributed by atoms with Crippen LogP contribution < -0.4 is 4.74 Å². The summed E-state index contributed by atoms with van der Waals surface area (Å²) in [7, 11) is 0. The van der Waals surface area contributed by atoms with Crippen molar-refractivity contribution in [2.24, 2.45) is 5.41 Å². The van der Waals surface area contributed by atoms with Crippen LogP contribution in [0, 0.1) is 12.3 Å². The van der Waals surface area contributed by atoms with Crippen LogP contribution in [0.25, 0.3) is 10.9 Å². The highest BCUT2D eigenvalue weighted by Crippen LogP contribution is 2.51. The van der Waals surface area contributed by atoms with Crippen molar-refractivity contribution >= 4 is 16.7 Å². The lowest BCUT2D eigenvalue weighted by molar-refractivity contribution is -0.118. The van der Waals surface area contributed by atoms with Crippen molar-refractivity contribution in [1.29, 1.82) is 0 Å². The van der Waals surface area contributed by atoms with Gasteiger partial charge in [0.05, 0.1) is 0 Å². The molecule has 1 N–H and O–H groups in total. The van der Waals surface area contributed by atoms with Gasteiger partial charge >= 0.3 is 0 Å². The van der Waals surface area contributed by atoms with Crippen LogP contribution >= 0.6 is 0 Å². The zero-order valence-electron chi connectivity index (χ0n) is 15.9. The Kier molecular flexibility index (Phi) is 3.39. The van der Waals surface area contributed by atoms with Gasteiger partial charge in [0.15, 0.2) is 5.78 Å². The minimum absolute atomic E-state index is 0.0675. The Morgan fingerprint density at radius 1 is 1.04 bits per heavy atom. The SMILES string of the molecule is Cc1[nH]c2ccccc2c1C1C2=C(CC(C)(C)CC2=O)Oc2ccccc21. The number of rotatable bonds is 1. The standard InChI is InChI=1S/C24H23NO2/c1-14-21(15-8-4-6-10-17(15)25-14)22-16-9-5-7-11-19(16)27-20-13-24(2,3)12-18(26)23(20)22/h4-11,22,25H,12-13H2,1-3H3. The summed E-state index contributed by atoms with van der Waals surface area (Å²) in [5.74, 6) is 1.86. The highest BCUT2D eigenvalue weighted by atomic mass is 16.5. The molecule has 1 atom stereocenters. The number of nitrogens with one attached hydrogen (secondary N) is 1. The van der Waals surface area contributed by atoms with E-state index in [4.69, 9.17) is 4.74 Å². The monoisotopic (exact) mass is 357 g/mol. The molecule has 5 rings (SSSR count). The van der Waals surface area contributed by atoms with Crippen molar-refractivity contribution in [3.8, 4) is 5.75 Å². The summed E-state index contributed by atoms with van der Waals surface area (Å²) in [6, 6.07) is 16.5. The van der Waals surface area contributed by atoms with Crippen LogP contribution in [0.1, 0.15) is 49.4 Å².